The summed E-state index contributed by atoms with van der Waals surface area (Å²) in [5, 5.41) is 7.89. The van der Waals surface area contributed by atoms with Crippen molar-refractivity contribution in [3.8, 4) is 0 Å². The van der Waals surface area contributed by atoms with Crippen molar-refractivity contribution in [3.63, 3.8) is 0 Å². The van der Waals surface area contributed by atoms with Crippen LogP contribution in [0.3, 0.4) is 0 Å². The molecule has 0 radical (unpaired) electrons. The van der Waals surface area contributed by atoms with Gasteiger partial charge in [0.1, 0.15) is 0 Å². The standard InChI is InChI=1S/Hf.HNO2/c;2-1-3/h;(H,2,3). The van der Waals surface area contributed by atoms with Crippen LogP contribution in [0, 0.1) is 4.91 Å². The molecule has 0 bridgehead atoms. The van der Waals surface area contributed by atoms with Crippen LogP contribution in [0.2, 0.25) is 0 Å². The van der Waals surface area contributed by atoms with Crippen LogP contribution in [0.4, 0.5) is 0 Å². The zero-order chi connectivity index (χ0) is 2.71. The van der Waals surface area contributed by atoms with Crippen LogP contribution in [0.5, 0.6) is 0 Å². The first-order chi connectivity index (χ1) is 1.41. The molecule has 0 unspecified atom stereocenters. The van der Waals surface area contributed by atoms with E-state index in [-0.39, 0.29) is 25.8 Å². The summed E-state index contributed by atoms with van der Waals surface area (Å²) >= 11 is 0. The Hall–Kier alpha value is 0.270. The minimum atomic E-state index is 0. The second kappa shape index (κ2) is 10.4. The summed E-state index contributed by atoms with van der Waals surface area (Å²) in [5.74, 6) is 0. The summed E-state index contributed by atoms with van der Waals surface area (Å²) in [7, 11) is 0. The Kier molecular flexibility index (Phi) is 23.1. The Morgan fingerprint density at radius 3 is 1.75 bits per heavy atom. The number of rotatable bonds is 0. The smallest absolute Gasteiger partial charge is 0.152 e. The maximum Gasteiger partial charge on any atom is 0.152 e. The van der Waals surface area contributed by atoms with Crippen molar-refractivity contribution in [1.29, 1.82) is 0 Å². The van der Waals surface area contributed by atoms with Gasteiger partial charge in [0.05, 0.1) is 0 Å². The van der Waals surface area contributed by atoms with Crippen molar-refractivity contribution in [1.82, 2.24) is 0 Å². The molecular formula is HHfNO2. The van der Waals surface area contributed by atoms with Crippen molar-refractivity contribution in [2.24, 2.45) is 5.34 Å². The number of hydrogen-bond donors (Lipinski definition) is 1. The normalized spacial score (nSPS) is 3.00. The predicted octanol–water partition coefficient (Wildman–Crippen LogP) is 0.140. The van der Waals surface area contributed by atoms with E-state index in [0.29, 0.717) is 0 Å². The van der Waals surface area contributed by atoms with Crippen molar-refractivity contribution in [3.05, 3.63) is 4.91 Å². The Labute approximate surface area is 41.7 Å². The third-order valence-corrected chi connectivity index (χ3v) is 0. The van der Waals surface area contributed by atoms with Crippen LogP contribution in [0.1, 0.15) is 0 Å². The quantitative estimate of drug-likeness (QED) is 0.362. The molecule has 4 heavy (non-hydrogen) atoms. The minimum Gasteiger partial charge on any atom is -0.379 e. The first-order valence-electron chi connectivity index (χ1n) is 0.383. The molecular weight excluding hydrogens is 224 g/mol. The van der Waals surface area contributed by atoms with Crippen LogP contribution in [-0.4, -0.2) is 5.21 Å². The zero-order valence-corrected chi connectivity index (χ0v) is 5.40. The molecule has 3 nitrogen and oxygen atoms in total. The van der Waals surface area contributed by atoms with Crippen LogP contribution in [0.15, 0.2) is 5.34 Å². The van der Waals surface area contributed by atoms with E-state index in [1.807, 2.05) is 0 Å². The minimum absolute atomic E-state index is 0. The van der Waals surface area contributed by atoms with Gasteiger partial charge in [-0.05, 0) is 0 Å². The van der Waals surface area contributed by atoms with Crippen molar-refractivity contribution >= 4 is 0 Å². The summed E-state index contributed by atoms with van der Waals surface area (Å²) in [6.07, 6.45) is 0. The molecule has 22 valence electrons. The van der Waals surface area contributed by atoms with E-state index in [0.717, 1.165) is 0 Å². The molecule has 0 aromatic rings. The maximum atomic E-state index is 8.11. The van der Waals surface area contributed by atoms with Crippen molar-refractivity contribution in [2.75, 3.05) is 0 Å². The van der Waals surface area contributed by atoms with E-state index in [4.69, 9.17) is 10.1 Å². The summed E-state index contributed by atoms with van der Waals surface area (Å²) in [6.45, 7) is 0. The van der Waals surface area contributed by atoms with Gasteiger partial charge in [-0.1, -0.05) is 0 Å². The van der Waals surface area contributed by atoms with Gasteiger partial charge in [-0.3, -0.25) is 0 Å². The van der Waals surface area contributed by atoms with Crippen LogP contribution >= 0.6 is 0 Å². The van der Waals surface area contributed by atoms with E-state index in [1.165, 1.54) is 5.34 Å². The van der Waals surface area contributed by atoms with Gasteiger partial charge in [0.2, 0.25) is 0 Å². The number of hydrogen-bond acceptors (Lipinski definition) is 2. The average Bonchev–Trinajstić information content (AvgIpc) is 0.918. The SMILES string of the molecule is O=NO.[Hf]. The van der Waals surface area contributed by atoms with Gasteiger partial charge in [-0.15, -0.1) is 4.91 Å². The fourth-order valence-corrected chi connectivity index (χ4v) is 0. The second-order valence-corrected chi connectivity index (χ2v) is 0.0816. The Balaban J connectivity index is 0. The molecule has 0 aromatic carbocycles. The molecule has 0 spiro atoms. The van der Waals surface area contributed by atoms with Gasteiger partial charge >= 0.3 is 0 Å². The van der Waals surface area contributed by atoms with Crippen LogP contribution in [-0.2, 0) is 25.8 Å². The summed E-state index contributed by atoms with van der Waals surface area (Å²) in [6, 6.07) is 0. The van der Waals surface area contributed by atoms with Gasteiger partial charge < -0.3 is 5.21 Å². The average molecular weight is 226 g/mol. The molecule has 0 saturated heterocycles. The Bertz CT molecular complexity index is 13.5. The molecule has 0 aliphatic carbocycles. The van der Waals surface area contributed by atoms with Gasteiger partial charge in [0, 0.05) is 25.8 Å². The van der Waals surface area contributed by atoms with Crippen molar-refractivity contribution in [2.45, 2.75) is 0 Å². The topological polar surface area (TPSA) is 49.7 Å². The van der Waals surface area contributed by atoms with Gasteiger partial charge in [-0.2, -0.15) is 0 Å². The van der Waals surface area contributed by atoms with Gasteiger partial charge in [0.15, 0.2) is 5.34 Å². The molecule has 0 heterocycles. The Morgan fingerprint density at radius 2 is 1.75 bits per heavy atom. The number of nitrogens with zero attached hydrogens (tertiary/aromatic N) is 1. The molecule has 0 saturated carbocycles. The zero-order valence-electron chi connectivity index (χ0n) is 1.80. The third kappa shape index (κ3) is 50.2. The van der Waals surface area contributed by atoms with Gasteiger partial charge in [-0.25, -0.2) is 0 Å². The summed E-state index contributed by atoms with van der Waals surface area (Å²) in [4.78, 5) is 8.11. The first kappa shape index (κ1) is 8.86. The predicted molar refractivity (Wildman–Crippen MR) is 7.58 cm³/mol. The molecule has 0 rings (SSSR count). The molecule has 0 atom stereocenters. The van der Waals surface area contributed by atoms with Crippen molar-refractivity contribution < 1.29 is 31.1 Å². The summed E-state index contributed by atoms with van der Waals surface area (Å²) < 4.78 is 0. The maximum absolute atomic E-state index is 8.11. The molecule has 0 fully saturated rings. The van der Waals surface area contributed by atoms with E-state index < -0.39 is 0 Å². The van der Waals surface area contributed by atoms with E-state index in [1.54, 1.807) is 0 Å². The molecule has 4 heteroatoms. The Morgan fingerprint density at radius 1 is 1.75 bits per heavy atom. The van der Waals surface area contributed by atoms with E-state index >= 15 is 0 Å². The largest absolute Gasteiger partial charge is 0.379 e. The monoisotopic (exact) mass is 227 g/mol. The molecule has 0 aliphatic heterocycles. The molecule has 0 aromatic heterocycles. The third-order valence-electron chi connectivity index (χ3n) is 0. The fourth-order valence-electron chi connectivity index (χ4n) is 0. The molecule has 1 N–H and O–H groups in total. The molecule has 0 aliphatic rings. The van der Waals surface area contributed by atoms with E-state index in [9.17, 15) is 0 Å². The van der Waals surface area contributed by atoms with Gasteiger partial charge in [0.25, 0.3) is 0 Å². The van der Waals surface area contributed by atoms with Crippen LogP contribution < -0.4 is 0 Å². The first-order valence-corrected chi connectivity index (χ1v) is 0.383. The summed E-state index contributed by atoms with van der Waals surface area (Å²) in [5.41, 5.74) is 0. The van der Waals surface area contributed by atoms with Crippen LogP contribution in [0.25, 0.3) is 0 Å². The molecule has 0 amide bonds. The fraction of sp³-hybridized carbons (Fsp3) is 0. The van der Waals surface area contributed by atoms with E-state index in [2.05, 4.69) is 0 Å². The second-order valence-electron chi connectivity index (χ2n) is 0.0816.